The molecule has 1 aromatic heterocycles. The van der Waals surface area contributed by atoms with E-state index in [0.29, 0.717) is 17.1 Å². The van der Waals surface area contributed by atoms with E-state index in [1.54, 1.807) is 24.6 Å². The van der Waals surface area contributed by atoms with E-state index in [1.165, 1.54) is 23.5 Å². The lowest BCUT2D eigenvalue weighted by molar-refractivity contribution is -0.274. The first-order valence-corrected chi connectivity index (χ1v) is 6.32. The molecule has 1 aromatic carbocycles. The van der Waals surface area contributed by atoms with Crippen LogP contribution < -0.4 is 10.1 Å². The van der Waals surface area contributed by atoms with Crippen LogP contribution in [0.1, 0.15) is 5.69 Å². The van der Waals surface area contributed by atoms with Crippen LogP contribution in [0.3, 0.4) is 0 Å². The van der Waals surface area contributed by atoms with Crippen molar-refractivity contribution in [2.45, 2.75) is 12.9 Å². The summed E-state index contributed by atoms with van der Waals surface area (Å²) in [5.41, 5.74) is 1.12. The van der Waals surface area contributed by atoms with Gasteiger partial charge in [0.2, 0.25) is 0 Å². The smallest absolute Gasteiger partial charge is 0.405 e. The molecule has 7 heteroatoms. The second kappa shape index (κ2) is 5.58. The van der Waals surface area contributed by atoms with E-state index >= 15 is 0 Å². The van der Waals surface area contributed by atoms with Crippen molar-refractivity contribution in [3.05, 3.63) is 35.3 Å². The fourth-order valence-electron chi connectivity index (χ4n) is 1.55. The molecule has 2 aromatic rings. The van der Waals surface area contributed by atoms with Gasteiger partial charge in [0.05, 0.1) is 11.3 Å². The van der Waals surface area contributed by atoms with E-state index in [-0.39, 0.29) is 5.75 Å². The average molecular weight is 288 g/mol. The van der Waals surface area contributed by atoms with Gasteiger partial charge in [0, 0.05) is 11.9 Å². The van der Waals surface area contributed by atoms with Crippen LogP contribution >= 0.6 is 11.3 Å². The molecule has 0 spiro atoms. The number of aromatic nitrogens is 1. The predicted octanol–water partition coefficient (Wildman–Crippen LogP) is 3.43. The second-order valence-electron chi connectivity index (χ2n) is 3.72. The van der Waals surface area contributed by atoms with Crippen molar-refractivity contribution in [1.29, 1.82) is 0 Å². The molecule has 1 heterocycles. The van der Waals surface area contributed by atoms with Crippen LogP contribution in [0.2, 0.25) is 0 Å². The Morgan fingerprint density at radius 1 is 1.32 bits per heavy atom. The van der Waals surface area contributed by atoms with Crippen molar-refractivity contribution in [1.82, 2.24) is 10.3 Å². The first kappa shape index (κ1) is 13.8. The highest BCUT2D eigenvalue weighted by atomic mass is 32.1. The van der Waals surface area contributed by atoms with Crippen molar-refractivity contribution in [2.24, 2.45) is 0 Å². The Bertz CT molecular complexity index is 554. The number of halogens is 3. The van der Waals surface area contributed by atoms with Crippen molar-refractivity contribution >= 4 is 11.3 Å². The monoisotopic (exact) mass is 288 g/mol. The normalized spacial score (nSPS) is 11.6. The molecule has 102 valence electrons. The van der Waals surface area contributed by atoms with E-state index in [2.05, 4.69) is 15.0 Å². The molecule has 0 bridgehead atoms. The standard InChI is InChI=1S/C12H11F3N2OS/c1-16-6-8-7-19-11(17-8)9-4-2-3-5-10(9)18-12(13,14)15/h2-5,7,16H,6H2,1H3. The van der Waals surface area contributed by atoms with Crippen molar-refractivity contribution in [3.63, 3.8) is 0 Å². The Balaban J connectivity index is 2.32. The molecule has 19 heavy (non-hydrogen) atoms. The molecule has 0 aliphatic carbocycles. The van der Waals surface area contributed by atoms with E-state index in [9.17, 15) is 13.2 Å². The van der Waals surface area contributed by atoms with E-state index in [4.69, 9.17) is 0 Å². The molecule has 0 atom stereocenters. The maximum absolute atomic E-state index is 12.3. The first-order chi connectivity index (χ1) is 8.99. The number of thiazole rings is 1. The Labute approximate surface area is 112 Å². The van der Waals surface area contributed by atoms with Gasteiger partial charge in [-0.25, -0.2) is 4.98 Å². The van der Waals surface area contributed by atoms with E-state index in [0.717, 1.165) is 5.69 Å². The Morgan fingerprint density at radius 2 is 2.05 bits per heavy atom. The highest BCUT2D eigenvalue weighted by Gasteiger charge is 2.32. The summed E-state index contributed by atoms with van der Waals surface area (Å²) in [6.45, 7) is 0.568. The molecule has 0 amide bonds. The minimum atomic E-state index is -4.71. The molecule has 3 nitrogen and oxygen atoms in total. The van der Waals surface area contributed by atoms with Crippen LogP contribution in [0.5, 0.6) is 5.75 Å². The fraction of sp³-hybridized carbons (Fsp3) is 0.250. The molecule has 0 fully saturated rings. The molecular formula is C12H11F3N2OS. The SMILES string of the molecule is CNCc1csc(-c2ccccc2OC(F)(F)F)n1. The lowest BCUT2D eigenvalue weighted by Crippen LogP contribution is -2.17. The number of alkyl halides is 3. The summed E-state index contributed by atoms with van der Waals surface area (Å²) in [4.78, 5) is 4.27. The minimum absolute atomic E-state index is 0.236. The van der Waals surface area contributed by atoms with E-state index in [1.807, 2.05) is 0 Å². The molecular weight excluding hydrogens is 277 g/mol. The zero-order valence-corrected chi connectivity index (χ0v) is 10.8. The topological polar surface area (TPSA) is 34.1 Å². The number of rotatable bonds is 4. The Hall–Kier alpha value is -1.60. The summed E-state index contributed by atoms with van der Waals surface area (Å²) in [5.74, 6) is -0.236. The molecule has 2 rings (SSSR count). The third-order valence-corrected chi connectivity index (χ3v) is 3.18. The lowest BCUT2D eigenvalue weighted by Gasteiger charge is -2.11. The summed E-state index contributed by atoms with van der Waals surface area (Å²) in [7, 11) is 1.78. The highest BCUT2D eigenvalue weighted by molar-refractivity contribution is 7.13. The minimum Gasteiger partial charge on any atom is -0.405 e. The highest BCUT2D eigenvalue weighted by Crippen LogP contribution is 2.35. The molecule has 1 N–H and O–H groups in total. The fourth-order valence-corrected chi connectivity index (χ4v) is 2.40. The zero-order valence-electron chi connectivity index (χ0n) is 9.99. The van der Waals surface area contributed by atoms with E-state index < -0.39 is 6.36 Å². The van der Waals surface area contributed by atoms with Gasteiger partial charge in [-0.15, -0.1) is 24.5 Å². The van der Waals surface area contributed by atoms with Crippen molar-refractivity contribution < 1.29 is 17.9 Å². The second-order valence-corrected chi connectivity index (χ2v) is 4.58. The maximum Gasteiger partial charge on any atom is 0.573 e. The third kappa shape index (κ3) is 3.68. The Morgan fingerprint density at radius 3 is 2.74 bits per heavy atom. The summed E-state index contributed by atoms with van der Waals surface area (Å²) in [6, 6.07) is 5.98. The van der Waals surface area contributed by atoms with Crippen LogP contribution in [0.15, 0.2) is 29.6 Å². The van der Waals surface area contributed by atoms with Gasteiger partial charge < -0.3 is 10.1 Å². The number of nitrogens with zero attached hydrogens (tertiary/aromatic N) is 1. The van der Waals surface area contributed by atoms with Crippen molar-refractivity contribution in [2.75, 3.05) is 7.05 Å². The molecule has 0 unspecified atom stereocenters. The average Bonchev–Trinajstić information content (AvgIpc) is 2.76. The van der Waals surface area contributed by atoms with Gasteiger partial charge in [-0.2, -0.15) is 0 Å². The molecule has 0 saturated carbocycles. The van der Waals surface area contributed by atoms with Gasteiger partial charge in [-0.3, -0.25) is 0 Å². The van der Waals surface area contributed by atoms with Gasteiger partial charge in [0.15, 0.2) is 0 Å². The van der Waals surface area contributed by atoms with Crippen molar-refractivity contribution in [3.8, 4) is 16.3 Å². The van der Waals surface area contributed by atoms with Gasteiger partial charge in [-0.1, -0.05) is 12.1 Å². The van der Waals surface area contributed by atoms with Crippen LogP contribution in [-0.4, -0.2) is 18.4 Å². The van der Waals surface area contributed by atoms with Crippen LogP contribution in [0.25, 0.3) is 10.6 Å². The number of nitrogens with one attached hydrogen (secondary N) is 1. The molecule has 0 saturated heterocycles. The zero-order chi connectivity index (χ0) is 13.9. The largest absolute Gasteiger partial charge is 0.573 e. The lowest BCUT2D eigenvalue weighted by atomic mass is 10.2. The predicted molar refractivity (Wildman–Crippen MR) is 67.0 cm³/mol. The first-order valence-electron chi connectivity index (χ1n) is 5.44. The molecule has 0 aliphatic heterocycles. The summed E-state index contributed by atoms with van der Waals surface area (Å²) in [6.07, 6.45) is -4.71. The van der Waals surface area contributed by atoms with Crippen LogP contribution in [0.4, 0.5) is 13.2 Å². The third-order valence-electron chi connectivity index (χ3n) is 2.25. The number of para-hydroxylation sites is 1. The van der Waals surface area contributed by atoms with Gasteiger partial charge in [-0.05, 0) is 19.2 Å². The summed E-state index contributed by atoms with van der Waals surface area (Å²) >= 11 is 1.28. The maximum atomic E-state index is 12.3. The van der Waals surface area contributed by atoms with Gasteiger partial charge in [0.1, 0.15) is 10.8 Å². The quantitative estimate of drug-likeness (QED) is 0.936. The van der Waals surface area contributed by atoms with Gasteiger partial charge in [0.25, 0.3) is 0 Å². The number of benzene rings is 1. The summed E-state index contributed by atoms with van der Waals surface area (Å²) < 4.78 is 40.9. The molecule has 0 radical (unpaired) electrons. The molecule has 0 aliphatic rings. The number of ether oxygens (including phenoxy) is 1. The summed E-state index contributed by atoms with van der Waals surface area (Å²) in [5, 5.41) is 5.24. The number of hydrogen-bond acceptors (Lipinski definition) is 4. The van der Waals surface area contributed by atoms with Crippen LogP contribution in [-0.2, 0) is 6.54 Å². The van der Waals surface area contributed by atoms with Crippen LogP contribution in [0, 0.1) is 0 Å². The van der Waals surface area contributed by atoms with Gasteiger partial charge >= 0.3 is 6.36 Å². The Kier molecular flexibility index (Phi) is 4.06. The number of hydrogen-bond donors (Lipinski definition) is 1.